The first-order valence-electron chi connectivity index (χ1n) is 5.77. The molecule has 1 N–H and O–H groups in total. The highest BCUT2D eigenvalue weighted by Crippen LogP contribution is 2.37. The first-order valence-corrected chi connectivity index (χ1v) is 5.77. The van der Waals surface area contributed by atoms with Gasteiger partial charge in [-0.05, 0) is 25.3 Å². The molecule has 82 valence electrons. The van der Waals surface area contributed by atoms with E-state index in [-0.39, 0.29) is 0 Å². The van der Waals surface area contributed by atoms with E-state index in [9.17, 15) is 0 Å². The van der Waals surface area contributed by atoms with Gasteiger partial charge in [-0.25, -0.2) is 9.97 Å². The summed E-state index contributed by atoms with van der Waals surface area (Å²) in [5.74, 6) is 2.38. The largest absolute Gasteiger partial charge is 0.312 e. The van der Waals surface area contributed by atoms with Gasteiger partial charge in [-0.2, -0.15) is 0 Å². The van der Waals surface area contributed by atoms with E-state index in [0.29, 0.717) is 11.8 Å². The fourth-order valence-corrected chi connectivity index (χ4v) is 1.51. The molecule has 0 radical (unpaired) electrons. The second-order valence-corrected chi connectivity index (χ2v) is 4.75. The lowest BCUT2D eigenvalue weighted by atomic mass is 10.2. The number of hydrogen-bond acceptors (Lipinski definition) is 3. The highest BCUT2D eigenvalue weighted by Gasteiger charge is 2.25. The van der Waals surface area contributed by atoms with Gasteiger partial charge >= 0.3 is 0 Å². The summed E-state index contributed by atoms with van der Waals surface area (Å²) >= 11 is 0. The molecule has 3 nitrogen and oxygen atoms in total. The third kappa shape index (κ3) is 3.27. The quantitative estimate of drug-likeness (QED) is 0.800. The molecule has 0 aromatic carbocycles. The topological polar surface area (TPSA) is 37.8 Å². The SMILES string of the molecule is CC(C)CNCc1cnc(C2CC2)nc1. The number of aromatic nitrogens is 2. The number of nitrogens with one attached hydrogen (secondary N) is 1. The van der Waals surface area contributed by atoms with Crippen molar-refractivity contribution in [1.29, 1.82) is 0 Å². The number of nitrogens with zero attached hydrogens (tertiary/aromatic N) is 2. The Hall–Kier alpha value is -0.960. The van der Waals surface area contributed by atoms with Crippen molar-refractivity contribution in [3.63, 3.8) is 0 Å². The van der Waals surface area contributed by atoms with Crippen molar-refractivity contribution < 1.29 is 0 Å². The summed E-state index contributed by atoms with van der Waals surface area (Å²) in [5.41, 5.74) is 1.18. The second kappa shape index (κ2) is 4.71. The summed E-state index contributed by atoms with van der Waals surface area (Å²) in [7, 11) is 0. The molecule has 1 aromatic rings. The van der Waals surface area contributed by atoms with Crippen molar-refractivity contribution in [3.05, 3.63) is 23.8 Å². The van der Waals surface area contributed by atoms with Crippen LogP contribution in [0, 0.1) is 5.92 Å². The molecule has 0 unspecified atom stereocenters. The normalized spacial score (nSPS) is 15.9. The van der Waals surface area contributed by atoms with E-state index >= 15 is 0 Å². The highest BCUT2D eigenvalue weighted by molar-refractivity contribution is 5.10. The lowest BCUT2D eigenvalue weighted by molar-refractivity contribution is 0.551. The second-order valence-electron chi connectivity index (χ2n) is 4.75. The van der Waals surface area contributed by atoms with Crippen LogP contribution in [0.3, 0.4) is 0 Å². The van der Waals surface area contributed by atoms with Crippen LogP contribution in [0.2, 0.25) is 0 Å². The van der Waals surface area contributed by atoms with Crippen molar-refractivity contribution in [2.75, 3.05) is 6.54 Å². The van der Waals surface area contributed by atoms with E-state index in [1.54, 1.807) is 0 Å². The molecule has 1 saturated carbocycles. The molecule has 1 aliphatic rings. The molecule has 1 aromatic heterocycles. The molecule has 2 rings (SSSR count). The Balaban J connectivity index is 1.81. The van der Waals surface area contributed by atoms with Gasteiger partial charge in [0.2, 0.25) is 0 Å². The van der Waals surface area contributed by atoms with Crippen LogP contribution in [-0.4, -0.2) is 16.5 Å². The zero-order valence-electron chi connectivity index (χ0n) is 9.53. The van der Waals surface area contributed by atoms with Crippen LogP contribution in [0.5, 0.6) is 0 Å². The van der Waals surface area contributed by atoms with Gasteiger partial charge in [-0.15, -0.1) is 0 Å². The fourth-order valence-electron chi connectivity index (χ4n) is 1.51. The van der Waals surface area contributed by atoms with Crippen LogP contribution in [-0.2, 0) is 6.54 Å². The summed E-state index contributed by atoms with van der Waals surface area (Å²) in [6.45, 7) is 6.34. The van der Waals surface area contributed by atoms with Crippen molar-refractivity contribution in [3.8, 4) is 0 Å². The third-order valence-corrected chi connectivity index (χ3v) is 2.55. The molecule has 0 spiro atoms. The summed E-state index contributed by atoms with van der Waals surface area (Å²) in [5, 5.41) is 3.39. The molecule has 15 heavy (non-hydrogen) atoms. The van der Waals surface area contributed by atoms with Crippen LogP contribution in [0.15, 0.2) is 12.4 Å². The van der Waals surface area contributed by atoms with Crippen LogP contribution in [0.25, 0.3) is 0 Å². The highest BCUT2D eigenvalue weighted by atomic mass is 14.9. The van der Waals surface area contributed by atoms with Crippen LogP contribution >= 0.6 is 0 Å². The van der Waals surface area contributed by atoms with Gasteiger partial charge in [0.1, 0.15) is 5.82 Å². The van der Waals surface area contributed by atoms with Gasteiger partial charge in [-0.3, -0.25) is 0 Å². The van der Waals surface area contributed by atoms with Gasteiger partial charge in [0.05, 0.1) is 0 Å². The van der Waals surface area contributed by atoms with E-state index in [4.69, 9.17) is 0 Å². The summed E-state index contributed by atoms with van der Waals surface area (Å²) < 4.78 is 0. The van der Waals surface area contributed by atoms with Gasteiger partial charge < -0.3 is 5.32 Å². The Bertz CT molecular complexity index is 301. The molecular weight excluding hydrogens is 186 g/mol. The molecule has 0 amide bonds. The molecule has 0 saturated heterocycles. The van der Waals surface area contributed by atoms with Crippen LogP contribution in [0.1, 0.15) is 44.0 Å². The first kappa shape index (κ1) is 10.6. The lowest BCUT2D eigenvalue weighted by Crippen LogP contribution is -2.19. The minimum atomic E-state index is 0.655. The molecule has 1 aliphatic carbocycles. The van der Waals surface area contributed by atoms with Gasteiger partial charge in [0.15, 0.2) is 0 Å². The van der Waals surface area contributed by atoms with Gasteiger partial charge in [0.25, 0.3) is 0 Å². The molecule has 1 fully saturated rings. The molecule has 0 bridgehead atoms. The average Bonchev–Trinajstić information content (AvgIpc) is 3.02. The van der Waals surface area contributed by atoms with Gasteiger partial charge in [-0.1, -0.05) is 13.8 Å². The zero-order chi connectivity index (χ0) is 10.7. The molecule has 3 heteroatoms. The Morgan fingerprint density at radius 3 is 2.53 bits per heavy atom. The maximum absolute atomic E-state index is 4.39. The van der Waals surface area contributed by atoms with Crippen LogP contribution < -0.4 is 5.32 Å². The first-order chi connectivity index (χ1) is 7.25. The summed E-state index contributed by atoms with van der Waals surface area (Å²) in [6, 6.07) is 0. The smallest absolute Gasteiger partial charge is 0.131 e. The maximum atomic E-state index is 4.39. The maximum Gasteiger partial charge on any atom is 0.131 e. The molecule has 0 atom stereocenters. The van der Waals surface area contributed by atoms with E-state index in [0.717, 1.165) is 18.9 Å². The number of rotatable bonds is 5. The monoisotopic (exact) mass is 205 g/mol. The standard InChI is InChI=1S/C12H19N3/c1-9(2)5-13-6-10-7-14-12(15-8-10)11-3-4-11/h7-9,11,13H,3-6H2,1-2H3. The lowest BCUT2D eigenvalue weighted by Gasteiger charge is -2.07. The molecule has 0 aliphatic heterocycles. The van der Waals surface area contributed by atoms with Crippen molar-refractivity contribution >= 4 is 0 Å². The van der Waals surface area contributed by atoms with E-state index in [1.807, 2.05) is 12.4 Å². The average molecular weight is 205 g/mol. The Morgan fingerprint density at radius 1 is 1.33 bits per heavy atom. The van der Waals surface area contributed by atoms with E-state index in [1.165, 1.54) is 18.4 Å². The van der Waals surface area contributed by atoms with E-state index in [2.05, 4.69) is 29.1 Å². The molecule has 1 heterocycles. The molecular formula is C12H19N3. The Kier molecular flexibility index (Phi) is 3.31. The minimum absolute atomic E-state index is 0.655. The summed E-state index contributed by atoms with van der Waals surface area (Å²) in [6.07, 6.45) is 6.44. The third-order valence-electron chi connectivity index (χ3n) is 2.55. The van der Waals surface area contributed by atoms with Gasteiger partial charge in [0, 0.05) is 30.4 Å². The Labute approximate surface area is 91.3 Å². The predicted molar refractivity (Wildman–Crippen MR) is 60.6 cm³/mol. The fraction of sp³-hybridized carbons (Fsp3) is 0.667. The summed E-state index contributed by atoms with van der Waals surface area (Å²) in [4.78, 5) is 8.77. The zero-order valence-corrected chi connectivity index (χ0v) is 9.53. The van der Waals surface area contributed by atoms with Crippen LogP contribution in [0.4, 0.5) is 0 Å². The van der Waals surface area contributed by atoms with Crippen molar-refractivity contribution in [2.24, 2.45) is 5.92 Å². The van der Waals surface area contributed by atoms with Crippen molar-refractivity contribution in [2.45, 2.75) is 39.2 Å². The predicted octanol–water partition coefficient (Wildman–Crippen LogP) is 2.10. The minimum Gasteiger partial charge on any atom is -0.312 e. The number of hydrogen-bond donors (Lipinski definition) is 1. The van der Waals surface area contributed by atoms with Crippen molar-refractivity contribution in [1.82, 2.24) is 15.3 Å². The van der Waals surface area contributed by atoms with E-state index < -0.39 is 0 Å². The Morgan fingerprint density at radius 2 is 2.00 bits per heavy atom.